The molecule has 4 amide bonds. The maximum absolute atomic E-state index is 13.4. The maximum atomic E-state index is 13.4. The standard InChI is InChI=1S/C28H38N4O5/c1-17(2)14-22(16-24(33)32-37)27(35)31-25(28(36)30-23(26(29)34)15-18(3)4)21-12-10-20(11-13-21)19-8-6-5-7-9-19/h5-13,17-18,22-23,25,37H,14-16H2,1-4H3,(H2,29,34)(H,30,36)(H,31,35)(H,32,33)/t22-,23-,25?/m0/s1. The monoisotopic (exact) mass is 510 g/mol. The highest BCUT2D eigenvalue weighted by Crippen LogP contribution is 2.24. The topological polar surface area (TPSA) is 151 Å². The zero-order valence-electron chi connectivity index (χ0n) is 21.9. The molecule has 0 heterocycles. The van der Waals surface area contributed by atoms with Crippen LogP contribution in [0.2, 0.25) is 0 Å². The van der Waals surface area contributed by atoms with Crippen molar-refractivity contribution in [2.24, 2.45) is 23.5 Å². The van der Waals surface area contributed by atoms with Gasteiger partial charge >= 0.3 is 0 Å². The summed E-state index contributed by atoms with van der Waals surface area (Å²) in [6.07, 6.45) is 0.484. The molecule has 0 aromatic heterocycles. The highest BCUT2D eigenvalue weighted by Gasteiger charge is 2.31. The third kappa shape index (κ3) is 9.34. The lowest BCUT2D eigenvalue weighted by molar-refractivity contribution is -0.137. The summed E-state index contributed by atoms with van der Waals surface area (Å²) in [5.41, 5.74) is 9.52. The molecule has 2 rings (SSSR count). The van der Waals surface area contributed by atoms with Crippen molar-refractivity contribution in [3.05, 3.63) is 60.2 Å². The molecule has 0 saturated carbocycles. The number of hydrogen-bond acceptors (Lipinski definition) is 5. The van der Waals surface area contributed by atoms with Crippen LogP contribution in [0.1, 0.15) is 58.6 Å². The Hall–Kier alpha value is -3.72. The molecule has 0 spiro atoms. The molecule has 6 N–H and O–H groups in total. The van der Waals surface area contributed by atoms with E-state index >= 15 is 0 Å². The first kappa shape index (κ1) is 29.5. The summed E-state index contributed by atoms with van der Waals surface area (Å²) in [4.78, 5) is 50.5. The van der Waals surface area contributed by atoms with Crippen molar-refractivity contribution in [1.82, 2.24) is 16.1 Å². The SMILES string of the molecule is CC(C)C[C@@H](CC(=O)NO)C(=O)NC(C(=O)N[C@@H](CC(C)C)C(N)=O)c1ccc(-c2ccccc2)cc1. The number of benzene rings is 2. The third-order valence-corrected chi connectivity index (χ3v) is 5.95. The lowest BCUT2D eigenvalue weighted by Crippen LogP contribution is -2.50. The van der Waals surface area contributed by atoms with E-state index < -0.39 is 41.6 Å². The molecule has 2 aromatic rings. The van der Waals surface area contributed by atoms with Crippen LogP contribution in [0.25, 0.3) is 11.1 Å². The van der Waals surface area contributed by atoms with Gasteiger partial charge in [0.05, 0.1) is 0 Å². The summed E-state index contributed by atoms with van der Waals surface area (Å²) in [5.74, 6) is -3.03. The molecule has 0 radical (unpaired) electrons. The average Bonchev–Trinajstić information content (AvgIpc) is 2.86. The first-order chi connectivity index (χ1) is 17.5. The normalized spacial score (nSPS) is 13.5. The summed E-state index contributed by atoms with van der Waals surface area (Å²) in [6.45, 7) is 7.64. The number of primary amides is 1. The Labute approximate surface area is 218 Å². The number of nitrogens with two attached hydrogens (primary N) is 1. The fourth-order valence-electron chi connectivity index (χ4n) is 4.15. The minimum atomic E-state index is -1.13. The number of hydroxylamine groups is 1. The van der Waals surface area contributed by atoms with Crippen LogP contribution in [-0.2, 0) is 19.2 Å². The second-order valence-corrected chi connectivity index (χ2v) is 10.1. The van der Waals surface area contributed by atoms with E-state index in [9.17, 15) is 19.2 Å². The van der Waals surface area contributed by atoms with Crippen molar-refractivity contribution in [2.75, 3.05) is 0 Å². The molecule has 0 aliphatic rings. The van der Waals surface area contributed by atoms with Crippen LogP contribution in [0.15, 0.2) is 54.6 Å². The minimum absolute atomic E-state index is 0.0879. The van der Waals surface area contributed by atoms with Crippen LogP contribution in [0.4, 0.5) is 0 Å². The van der Waals surface area contributed by atoms with E-state index in [1.807, 2.05) is 70.2 Å². The minimum Gasteiger partial charge on any atom is -0.368 e. The second-order valence-electron chi connectivity index (χ2n) is 10.1. The maximum Gasteiger partial charge on any atom is 0.247 e. The van der Waals surface area contributed by atoms with Gasteiger partial charge < -0.3 is 16.4 Å². The largest absolute Gasteiger partial charge is 0.368 e. The van der Waals surface area contributed by atoms with Crippen molar-refractivity contribution in [2.45, 2.75) is 59.0 Å². The Morgan fingerprint density at radius 1 is 0.784 bits per heavy atom. The van der Waals surface area contributed by atoms with Gasteiger partial charge in [-0.15, -0.1) is 0 Å². The molecule has 0 aliphatic heterocycles. The molecular weight excluding hydrogens is 472 g/mol. The first-order valence-electron chi connectivity index (χ1n) is 12.5. The van der Waals surface area contributed by atoms with Crippen LogP contribution in [0.5, 0.6) is 0 Å². The van der Waals surface area contributed by atoms with E-state index in [2.05, 4.69) is 10.6 Å². The van der Waals surface area contributed by atoms with Crippen LogP contribution in [0.3, 0.4) is 0 Å². The van der Waals surface area contributed by atoms with E-state index in [0.717, 1.165) is 11.1 Å². The second kappa shape index (κ2) is 14.1. The van der Waals surface area contributed by atoms with Gasteiger partial charge in [-0.1, -0.05) is 82.3 Å². The van der Waals surface area contributed by atoms with Gasteiger partial charge in [0.25, 0.3) is 0 Å². The molecule has 0 saturated heterocycles. The van der Waals surface area contributed by atoms with E-state index in [4.69, 9.17) is 10.9 Å². The van der Waals surface area contributed by atoms with Crippen molar-refractivity contribution >= 4 is 23.6 Å². The smallest absolute Gasteiger partial charge is 0.247 e. The molecule has 0 aliphatic carbocycles. The van der Waals surface area contributed by atoms with Crippen LogP contribution < -0.4 is 21.8 Å². The number of rotatable bonds is 13. The molecular formula is C28H38N4O5. The van der Waals surface area contributed by atoms with Gasteiger partial charge in [-0.3, -0.25) is 24.4 Å². The van der Waals surface area contributed by atoms with Crippen molar-refractivity contribution in [3.63, 3.8) is 0 Å². The zero-order chi connectivity index (χ0) is 27.5. The van der Waals surface area contributed by atoms with E-state index in [-0.39, 0.29) is 18.3 Å². The van der Waals surface area contributed by atoms with E-state index in [1.54, 1.807) is 17.6 Å². The fourth-order valence-corrected chi connectivity index (χ4v) is 4.15. The van der Waals surface area contributed by atoms with Gasteiger partial charge in [-0.25, -0.2) is 5.48 Å². The lowest BCUT2D eigenvalue weighted by Gasteiger charge is -2.25. The number of amides is 4. The Kier molecular flexibility index (Phi) is 11.3. The van der Waals surface area contributed by atoms with Crippen molar-refractivity contribution in [1.29, 1.82) is 0 Å². The summed E-state index contributed by atoms with van der Waals surface area (Å²) in [5, 5.41) is 14.4. The van der Waals surface area contributed by atoms with Gasteiger partial charge in [0.15, 0.2) is 0 Å². The molecule has 2 aromatic carbocycles. The molecule has 0 bridgehead atoms. The molecule has 9 heteroatoms. The molecule has 200 valence electrons. The summed E-state index contributed by atoms with van der Waals surface area (Å²) < 4.78 is 0. The van der Waals surface area contributed by atoms with Gasteiger partial charge in [-0.2, -0.15) is 0 Å². The molecule has 9 nitrogen and oxygen atoms in total. The highest BCUT2D eigenvalue weighted by molar-refractivity contribution is 5.93. The third-order valence-electron chi connectivity index (χ3n) is 5.95. The fraction of sp³-hybridized carbons (Fsp3) is 0.429. The quantitative estimate of drug-likeness (QED) is 0.207. The number of carbonyl (C=O) groups excluding carboxylic acids is 4. The van der Waals surface area contributed by atoms with Gasteiger partial charge in [0, 0.05) is 12.3 Å². The lowest BCUT2D eigenvalue weighted by atomic mass is 9.92. The summed E-state index contributed by atoms with van der Waals surface area (Å²) >= 11 is 0. The molecule has 1 unspecified atom stereocenters. The van der Waals surface area contributed by atoms with Crippen LogP contribution in [0, 0.1) is 17.8 Å². The Morgan fingerprint density at radius 2 is 1.35 bits per heavy atom. The number of carbonyl (C=O) groups is 4. The van der Waals surface area contributed by atoms with Crippen LogP contribution >= 0.6 is 0 Å². The van der Waals surface area contributed by atoms with Gasteiger partial charge in [-0.05, 0) is 41.4 Å². The molecule has 3 atom stereocenters. The van der Waals surface area contributed by atoms with E-state index in [0.29, 0.717) is 18.4 Å². The predicted octanol–water partition coefficient (Wildman–Crippen LogP) is 3.08. The van der Waals surface area contributed by atoms with Gasteiger partial charge in [0.1, 0.15) is 12.1 Å². The summed E-state index contributed by atoms with van der Waals surface area (Å²) in [6, 6.07) is 14.9. The molecule has 37 heavy (non-hydrogen) atoms. The van der Waals surface area contributed by atoms with Crippen molar-refractivity contribution < 1.29 is 24.4 Å². The first-order valence-corrected chi connectivity index (χ1v) is 12.5. The number of nitrogens with one attached hydrogen (secondary N) is 3. The zero-order valence-corrected chi connectivity index (χ0v) is 21.9. The highest BCUT2D eigenvalue weighted by atomic mass is 16.5. The molecule has 0 fully saturated rings. The Morgan fingerprint density at radius 3 is 1.86 bits per heavy atom. The predicted molar refractivity (Wildman–Crippen MR) is 141 cm³/mol. The summed E-state index contributed by atoms with van der Waals surface area (Å²) in [7, 11) is 0. The van der Waals surface area contributed by atoms with Crippen LogP contribution in [-0.4, -0.2) is 34.9 Å². The number of hydrogen-bond donors (Lipinski definition) is 5. The Balaban J connectivity index is 2.37. The Bertz CT molecular complexity index is 1050. The van der Waals surface area contributed by atoms with E-state index in [1.165, 1.54) is 0 Å². The van der Waals surface area contributed by atoms with Crippen molar-refractivity contribution in [3.8, 4) is 11.1 Å². The van der Waals surface area contributed by atoms with Gasteiger partial charge in [0.2, 0.25) is 23.6 Å². The average molecular weight is 511 g/mol.